The summed E-state index contributed by atoms with van der Waals surface area (Å²) in [4.78, 5) is 24.5. The molecular weight excluding hydrogens is 469 g/mol. The molecule has 0 unspecified atom stereocenters. The summed E-state index contributed by atoms with van der Waals surface area (Å²) < 4.78 is 80.5. The van der Waals surface area contributed by atoms with Crippen LogP contribution < -0.4 is 20.5 Å². The van der Waals surface area contributed by atoms with Gasteiger partial charge < -0.3 is 20.5 Å². The molecule has 1 fully saturated rings. The van der Waals surface area contributed by atoms with E-state index in [2.05, 4.69) is 5.32 Å². The molecule has 3 rings (SSSR count). The molecule has 2 aromatic rings. The number of benzene rings is 1. The van der Waals surface area contributed by atoms with Crippen molar-refractivity contribution in [2.24, 2.45) is 11.7 Å². The predicted octanol–water partition coefficient (Wildman–Crippen LogP) is 2.68. The number of methoxy groups -OCH3 is 1. The number of nitrogens with one attached hydrogen (secondary N) is 1. The molecule has 1 aliphatic heterocycles. The molecular formula is C21H21F5N3O5+. The standard InChI is InChI=1S/C21H20F5N3O5/c1-9-14(11-4-5-12(22)15(23)16(11)33-3)17(34-20(9,2)21(24,25)26)19(31)28-10-6-7-29(32)13(8-10)18(27)30/h4-9,14,17,32H,1-3H3,(H2,27,30)/p+1/t9-,14-,17+,20-/m0/s1. The number of aromatic nitrogens is 1. The highest BCUT2D eigenvalue weighted by atomic mass is 19.4. The molecule has 1 saturated heterocycles. The van der Waals surface area contributed by atoms with Crippen molar-refractivity contribution in [2.75, 3.05) is 12.4 Å². The Morgan fingerprint density at radius 3 is 2.47 bits per heavy atom. The van der Waals surface area contributed by atoms with Crippen LogP contribution in [-0.2, 0) is 9.53 Å². The van der Waals surface area contributed by atoms with Crippen molar-refractivity contribution in [1.82, 2.24) is 0 Å². The molecule has 1 aliphatic rings. The second-order valence-electron chi connectivity index (χ2n) is 7.94. The summed E-state index contributed by atoms with van der Waals surface area (Å²) in [6, 6.07) is 3.90. The molecule has 1 aromatic carbocycles. The van der Waals surface area contributed by atoms with E-state index in [-0.39, 0.29) is 11.3 Å². The third kappa shape index (κ3) is 4.11. The van der Waals surface area contributed by atoms with Crippen LogP contribution in [0.25, 0.3) is 0 Å². The second-order valence-corrected chi connectivity index (χ2v) is 7.94. The van der Waals surface area contributed by atoms with Crippen molar-refractivity contribution in [3.8, 4) is 5.75 Å². The zero-order valence-electron chi connectivity index (χ0n) is 18.1. The number of pyridine rings is 1. The van der Waals surface area contributed by atoms with Crippen molar-refractivity contribution in [2.45, 2.75) is 37.6 Å². The molecule has 4 N–H and O–H groups in total. The third-order valence-corrected chi connectivity index (χ3v) is 6.02. The number of alkyl halides is 3. The topological polar surface area (TPSA) is 115 Å². The lowest BCUT2D eigenvalue weighted by molar-refractivity contribution is -0.905. The van der Waals surface area contributed by atoms with Crippen molar-refractivity contribution in [3.63, 3.8) is 0 Å². The SMILES string of the molecule is COc1c([C@H]2[C@H](C(=O)Nc3cc[n+](O)c(C(N)=O)c3)O[C@](C)(C(F)(F)F)[C@H]2C)ccc(F)c1F. The maximum absolute atomic E-state index is 14.4. The number of anilines is 1. The normalized spacial score (nSPS) is 24.6. The van der Waals surface area contributed by atoms with Gasteiger partial charge in [-0.15, -0.1) is 0 Å². The first-order chi connectivity index (χ1) is 15.7. The van der Waals surface area contributed by atoms with E-state index >= 15 is 0 Å². The Hall–Kier alpha value is -3.48. The van der Waals surface area contributed by atoms with E-state index in [0.717, 1.165) is 38.4 Å². The van der Waals surface area contributed by atoms with Gasteiger partial charge in [0.1, 0.15) is 6.10 Å². The summed E-state index contributed by atoms with van der Waals surface area (Å²) >= 11 is 0. The number of rotatable bonds is 5. The lowest BCUT2D eigenvalue weighted by Crippen LogP contribution is -2.47. The molecule has 2 heterocycles. The van der Waals surface area contributed by atoms with Crippen molar-refractivity contribution < 1.29 is 51.0 Å². The van der Waals surface area contributed by atoms with Crippen molar-refractivity contribution in [3.05, 3.63) is 53.4 Å². The van der Waals surface area contributed by atoms with Gasteiger partial charge in [0.25, 0.3) is 5.91 Å². The van der Waals surface area contributed by atoms with Crippen LogP contribution >= 0.6 is 0 Å². The van der Waals surface area contributed by atoms with Gasteiger partial charge in [0.15, 0.2) is 17.2 Å². The van der Waals surface area contributed by atoms with Gasteiger partial charge in [0.05, 0.1) is 12.8 Å². The van der Waals surface area contributed by atoms with Crippen LogP contribution in [0.2, 0.25) is 0 Å². The first-order valence-electron chi connectivity index (χ1n) is 9.85. The average Bonchev–Trinajstić information content (AvgIpc) is 3.03. The summed E-state index contributed by atoms with van der Waals surface area (Å²) in [5, 5.41) is 11.9. The summed E-state index contributed by atoms with van der Waals surface area (Å²) in [7, 11) is 1.01. The largest absolute Gasteiger partial charge is 0.493 e. The number of carbonyl (C=O) groups is 2. The van der Waals surface area contributed by atoms with Gasteiger partial charge in [-0.2, -0.15) is 17.6 Å². The summed E-state index contributed by atoms with van der Waals surface area (Å²) in [5.41, 5.74) is 1.61. The highest BCUT2D eigenvalue weighted by Gasteiger charge is 2.65. The Kier molecular flexibility index (Phi) is 6.44. The van der Waals surface area contributed by atoms with E-state index in [9.17, 15) is 36.7 Å². The van der Waals surface area contributed by atoms with Crippen LogP contribution in [0.1, 0.15) is 35.8 Å². The lowest BCUT2D eigenvalue weighted by Gasteiger charge is -2.32. The molecule has 0 radical (unpaired) electrons. The smallest absolute Gasteiger partial charge is 0.417 e. The summed E-state index contributed by atoms with van der Waals surface area (Å²) in [6.07, 6.45) is -5.76. The molecule has 184 valence electrons. The highest BCUT2D eigenvalue weighted by Crippen LogP contribution is 2.54. The molecule has 0 spiro atoms. The van der Waals surface area contributed by atoms with Crippen LogP contribution in [-0.4, -0.2) is 42.0 Å². The monoisotopic (exact) mass is 490 g/mol. The Labute approximate surface area is 190 Å². The van der Waals surface area contributed by atoms with Crippen LogP contribution in [0.15, 0.2) is 30.5 Å². The number of hydrogen-bond donors (Lipinski definition) is 3. The number of hydrogen-bond acceptors (Lipinski definition) is 5. The van der Waals surface area contributed by atoms with Crippen LogP contribution in [0.4, 0.5) is 27.6 Å². The fraction of sp³-hybridized carbons (Fsp3) is 0.381. The van der Waals surface area contributed by atoms with Gasteiger partial charge in [-0.05, 0) is 13.0 Å². The molecule has 13 heteroatoms. The maximum atomic E-state index is 14.4. The lowest BCUT2D eigenvalue weighted by atomic mass is 9.77. The Balaban J connectivity index is 2.08. The molecule has 0 saturated carbocycles. The molecule has 0 aliphatic carbocycles. The molecule has 4 atom stereocenters. The highest BCUT2D eigenvalue weighted by molar-refractivity contribution is 5.97. The Bertz CT molecular complexity index is 1140. The minimum Gasteiger partial charge on any atom is -0.493 e. The van der Waals surface area contributed by atoms with Crippen molar-refractivity contribution >= 4 is 17.5 Å². The number of ether oxygens (including phenoxy) is 2. The van der Waals surface area contributed by atoms with E-state index in [1.165, 1.54) is 6.92 Å². The molecule has 8 nitrogen and oxygen atoms in total. The van der Waals surface area contributed by atoms with Gasteiger partial charge in [0.2, 0.25) is 12.0 Å². The summed E-state index contributed by atoms with van der Waals surface area (Å²) in [5.74, 6) is -8.30. The van der Waals surface area contributed by atoms with E-state index in [1.54, 1.807) is 0 Å². The molecule has 34 heavy (non-hydrogen) atoms. The molecule has 2 amide bonds. The number of amides is 2. The fourth-order valence-corrected chi connectivity index (χ4v) is 4.01. The van der Waals surface area contributed by atoms with Crippen LogP contribution in [0.3, 0.4) is 0 Å². The average molecular weight is 490 g/mol. The van der Waals surface area contributed by atoms with E-state index in [1.807, 2.05) is 0 Å². The van der Waals surface area contributed by atoms with E-state index in [4.69, 9.17) is 15.2 Å². The quantitative estimate of drug-likeness (QED) is 0.339. The third-order valence-electron chi connectivity index (χ3n) is 6.02. The van der Waals surface area contributed by atoms with Crippen molar-refractivity contribution in [1.29, 1.82) is 0 Å². The van der Waals surface area contributed by atoms with Crippen LogP contribution in [0, 0.1) is 17.6 Å². The number of primary amides is 1. The van der Waals surface area contributed by atoms with Gasteiger partial charge in [0, 0.05) is 34.3 Å². The van der Waals surface area contributed by atoms with Gasteiger partial charge in [-0.25, -0.2) is 4.39 Å². The number of nitrogens with two attached hydrogens (primary N) is 1. The predicted molar refractivity (Wildman–Crippen MR) is 105 cm³/mol. The minimum absolute atomic E-state index is 0.0861. The second kappa shape index (κ2) is 8.70. The number of nitrogens with zero attached hydrogens (tertiary/aromatic N) is 1. The molecule has 0 bridgehead atoms. The Morgan fingerprint density at radius 1 is 1.26 bits per heavy atom. The summed E-state index contributed by atoms with van der Waals surface area (Å²) in [6.45, 7) is 1.93. The fourth-order valence-electron chi connectivity index (χ4n) is 4.01. The van der Waals surface area contributed by atoms with E-state index < -0.39 is 64.6 Å². The van der Waals surface area contributed by atoms with Gasteiger partial charge >= 0.3 is 17.8 Å². The minimum atomic E-state index is -4.92. The van der Waals surface area contributed by atoms with Crippen LogP contribution in [0.5, 0.6) is 5.75 Å². The maximum Gasteiger partial charge on any atom is 0.417 e. The first-order valence-corrected chi connectivity index (χ1v) is 9.85. The Morgan fingerprint density at radius 2 is 1.91 bits per heavy atom. The number of halogens is 5. The molecule has 1 aromatic heterocycles. The number of carbonyl (C=O) groups excluding carboxylic acids is 2. The van der Waals surface area contributed by atoms with Gasteiger partial charge in [-0.1, -0.05) is 13.0 Å². The zero-order chi connectivity index (χ0) is 25.6. The van der Waals surface area contributed by atoms with Gasteiger partial charge in [-0.3, -0.25) is 14.8 Å². The first kappa shape index (κ1) is 25.1. The zero-order valence-corrected chi connectivity index (χ0v) is 18.1. The van der Waals surface area contributed by atoms with E-state index in [0.29, 0.717) is 10.8 Å².